The molecular formula is C14H21NO2. The predicted molar refractivity (Wildman–Crippen MR) is 68.6 cm³/mol. The zero-order valence-corrected chi connectivity index (χ0v) is 11.0. The SMILES string of the molecule is COc1ccc(C2COC(C)CN2)c(C)c1C. The molecule has 1 aromatic rings. The summed E-state index contributed by atoms with van der Waals surface area (Å²) in [5, 5.41) is 3.52. The molecule has 1 heterocycles. The Hall–Kier alpha value is -1.06. The summed E-state index contributed by atoms with van der Waals surface area (Å²) in [6, 6.07) is 4.48. The van der Waals surface area contributed by atoms with Crippen molar-refractivity contribution < 1.29 is 9.47 Å². The fraction of sp³-hybridized carbons (Fsp3) is 0.571. The Bertz CT molecular complexity index is 395. The molecule has 2 unspecified atom stereocenters. The molecule has 2 rings (SSSR count). The van der Waals surface area contributed by atoms with Gasteiger partial charge in [-0.25, -0.2) is 0 Å². The summed E-state index contributed by atoms with van der Waals surface area (Å²) >= 11 is 0. The Morgan fingerprint density at radius 3 is 2.65 bits per heavy atom. The van der Waals surface area contributed by atoms with E-state index in [4.69, 9.17) is 9.47 Å². The molecule has 17 heavy (non-hydrogen) atoms. The molecule has 0 aromatic heterocycles. The van der Waals surface area contributed by atoms with Gasteiger partial charge in [0.2, 0.25) is 0 Å². The molecule has 94 valence electrons. The number of nitrogens with one attached hydrogen (secondary N) is 1. The monoisotopic (exact) mass is 235 g/mol. The maximum atomic E-state index is 5.70. The Balaban J connectivity index is 2.24. The molecule has 0 amide bonds. The number of methoxy groups -OCH3 is 1. The van der Waals surface area contributed by atoms with E-state index in [0.29, 0.717) is 12.1 Å². The fourth-order valence-corrected chi connectivity index (χ4v) is 2.30. The lowest BCUT2D eigenvalue weighted by Gasteiger charge is -2.30. The second-order valence-corrected chi connectivity index (χ2v) is 4.71. The van der Waals surface area contributed by atoms with Gasteiger partial charge < -0.3 is 14.8 Å². The summed E-state index contributed by atoms with van der Waals surface area (Å²) in [6.07, 6.45) is 0.311. The highest BCUT2D eigenvalue weighted by atomic mass is 16.5. The summed E-state index contributed by atoms with van der Waals surface area (Å²) in [4.78, 5) is 0. The largest absolute Gasteiger partial charge is 0.496 e. The van der Waals surface area contributed by atoms with Crippen molar-refractivity contribution in [1.82, 2.24) is 5.32 Å². The van der Waals surface area contributed by atoms with Crippen LogP contribution < -0.4 is 10.1 Å². The van der Waals surface area contributed by atoms with Crippen molar-refractivity contribution in [2.24, 2.45) is 0 Å². The van der Waals surface area contributed by atoms with Crippen LogP contribution in [0, 0.1) is 13.8 Å². The molecule has 3 nitrogen and oxygen atoms in total. The van der Waals surface area contributed by atoms with Gasteiger partial charge in [0.1, 0.15) is 5.75 Å². The van der Waals surface area contributed by atoms with Crippen molar-refractivity contribution in [3.8, 4) is 5.75 Å². The van der Waals surface area contributed by atoms with Crippen LogP contribution in [0.25, 0.3) is 0 Å². The van der Waals surface area contributed by atoms with Gasteiger partial charge in [-0.2, -0.15) is 0 Å². The normalized spacial score (nSPS) is 24.7. The lowest BCUT2D eigenvalue weighted by atomic mass is 9.96. The van der Waals surface area contributed by atoms with Crippen LogP contribution in [0.15, 0.2) is 12.1 Å². The van der Waals surface area contributed by atoms with E-state index >= 15 is 0 Å². The van der Waals surface area contributed by atoms with Crippen LogP contribution in [0.1, 0.15) is 29.7 Å². The lowest BCUT2D eigenvalue weighted by Crippen LogP contribution is -2.39. The summed E-state index contributed by atoms with van der Waals surface area (Å²) in [7, 11) is 1.71. The maximum absolute atomic E-state index is 5.70. The summed E-state index contributed by atoms with van der Waals surface area (Å²) in [6.45, 7) is 8.00. The van der Waals surface area contributed by atoms with E-state index in [2.05, 4.69) is 32.2 Å². The molecular weight excluding hydrogens is 214 g/mol. The fourth-order valence-electron chi connectivity index (χ4n) is 2.30. The van der Waals surface area contributed by atoms with Gasteiger partial charge in [-0.15, -0.1) is 0 Å². The molecule has 1 aromatic carbocycles. The van der Waals surface area contributed by atoms with Gasteiger partial charge in [-0.1, -0.05) is 6.07 Å². The number of hydrogen-bond donors (Lipinski definition) is 1. The van der Waals surface area contributed by atoms with Crippen molar-refractivity contribution >= 4 is 0 Å². The molecule has 1 N–H and O–H groups in total. The van der Waals surface area contributed by atoms with E-state index in [1.165, 1.54) is 16.7 Å². The number of rotatable bonds is 2. The van der Waals surface area contributed by atoms with Gasteiger partial charge >= 0.3 is 0 Å². The van der Waals surface area contributed by atoms with Crippen molar-refractivity contribution in [2.45, 2.75) is 32.9 Å². The molecule has 0 radical (unpaired) electrons. The Kier molecular flexibility index (Phi) is 3.69. The Labute approximate surface area is 103 Å². The third kappa shape index (κ3) is 2.45. The maximum Gasteiger partial charge on any atom is 0.122 e. The minimum absolute atomic E-state index is 0.302. The van der Waals surface area contributed by atoms with Gasteiger partial charge in [0.15, 0.2) is 0 Å². The van der Waals surface area contributed by atoms with E-state index in [9.17, 15) is 0 Å². The van der Waals surface area contributed by atoms with Gasteiger partial charge in [-0.3, -0.25) is 0 Å². The number of ether oxygens (including phenoxy) is 2. The van der Waals surface area contributed by atoms with Crippen LogP contribution in [0.2, 0.25) is 0 Å². The van der Waals surface area contributed by atoms with Gasteiger partial charge in [0.25, 0.3) is 0 Å². The van der Waals surface area contributed by atoms with Crippen LogP contribution in [-0.2, 0) is 4.74 Å². The average molecular weight is 235 g/mol. The predicted octanol–water partition coefficient (Wildman–Crippen LogP) is 2.36. The summed E-state index contributed by atoms with van der Waals surface area (Å²) < 4.78 is 11.0. The van der Waals surface area contributed by atoms with Crippen molar-refractivity contribution in [2.75, 3.05) is 20.3 Å². The first-order chi connectivity index (χ1) is 8.13. The number of hydrogen-bond acceptors (Lipinski definition) is 3. The van der Waals surface area contributed by atoms with Crippen LogP contribution in [0.4, 0.5) is 0 Å². The lowest BCUT2D eigenvalue weighted by molar-refractivity contribution is 0.0148. The average Bonchev–Trinajstić information content (AvgIpc) is 2.34. The second kappa shape index (κ2) is 5.07. The van der Waals surface area contributed by atoms with Gasteiger partial charge in [0.05, 0.1) is 25.9 Å². The molecule has 0 saturated carbocycles. The Morgan fingerprint density at radius 2 is 2.06 bits per heavy atom. The highest BCUT2D eigenvalue weighted by molar-refractivity contribution is 5.44. The molecule has 0 aliphatic carbocycles. The van der Waals surface area contributed by atoms with E-state index < -0.39 is 0 Å². The zero-order chi connectivity index (χ0) is 12.4. The smallest absolute Gasteiger partial charge is 0.122 e. The van der Waals surface area contributed by atoms with E-state index in [1.807, 2.05) is 6.07 Å². The molecule has 3 heteroatoms. The van der Waals surface area contributed by atoms with Gasteiger partial charge in [-0.05, 0) is 43.5 Å². The third-order valence-corrected chi connectivity index (χ3v) is 3.57. The van der Waals surface area contributed by atoms with E-state index in [0.717, 1.165) is 18.9 Å². The quantitative estimate of drug-likeness (QED) is 0.853. The van der Waals surface area contributed by atoms with Gasteiger partial charge in [0, 0.05) is 6.54 Å². The molecule has 1 saturated heterocycles. The van der Waals surface area contributed by atoms with Crippen molar-refractivity contribution in [1.29, 1.82) is 0 Å². The molecule has 1 aliphatic heterocycles. The first-order valence-corrected chi connectivity index (χ1v) is 6.12. The van der Waals surface area contributed by atoms with E-state index in [1.54, 1.807) is 7.11 Å². The molecule has 0 bridgehead atoms. The van der Waals surface area contributed by atoms with Crippen molar-refractivity contribution in [3.63, 3.8) is 0 Å². The second-order valence-electron chi connectivity index (χ2n) is 4.71. The van der Waals surface area contributed by atoms with Crippen LogP contribution in [0.3, 0.4) is 0 Å². The first-order valence-electron chi connectivity index (χ1n) is 6.12. The molecule has 2 atom stereocenters. The summed E-state index contributed by atoms with van der Waals surface area (Å²) in [5.41, 5.74) is 3.82. The number of morpholine rings is 1. The zero-order valence-electron chi connectivity index (χ0n) is 11.0. The van der Waals surface area contributed by atoms with Crippen LogP contribution >= 0.6 is 0 Å². The molecule has 1 aliphatic rings. The minimum Gasteiger partial charge on any atom is -0.496 e. The summed E-state index contributed by atoms with van der Waals surface area (Å²) in [5.74, 6) is 0.955. The highest BCUT2D eigenvalue weighted by Gasteiger charge is 2.21. The molecule has 0 spiro atoms. The first kappa shape index (κ1) is 12.4. The molecule has 1 fully saturated rings. The topological polar surface area (TPSA) is 30.5 Å². The van der Waals surface area contributed by atoms with Crippen LogP contribution in [0.5, 0.6) is 5.75 Å². The standard InChI is InChI=1S/C14H21NO2/c1-9-7-15-13(8-17-9)12-5-6-14(16-4)11(3)10(12)2/h5-6,9,13,15H,7-8H2,1-4H3. The van der Waals surface area contributed by atoms with E-state index in [-0.39, 0.29) is 0 Å². The Morgan fingerprint density at radius 1 is 1.29 bits per heavy atom. The van der Waals surface area contributed by atoms with Crippen LogP contribution in [-0.4, -0.2) is 26.4 Å². The highest BCUT2D eigenvalue weighted by Crippen LogP contribution is 2.29. The number of benzene rings is 1. The minimum atomic E-state index is 0.302. The van der Waals surface area contributed by atoms with Crippen molar-refractivity contribution in [3.05, 3.63) is 28.8 Å². The third-order valence-electron chi connectivity index (χ3n) is 3.57.